The number of nitrogens with one attached hydrogen (secondary N) is 1. The molecular formula is C12H17NO. The molecule has 0 saturated carbocycles. The molecule has 1 N–H and O–H groups in total. The lowest BCUT2D eigenvalue weighted by Crippen LogP contribution is -2.35. The van der Waals surface area contributed by atoms with Crippen LogP contribution in [0, 0.1) is 0 Å². The van der Waals surface area contributed by atoms with E-state index in [2.05, 4.69) is 5.32 Å². The van der Waals surface area contributed by atoms with Crippen LogP contribution < -0.4 is 5.32 Å². The molecule has 0 spiro atoms. The van der Waals surface area contributed by atoms with Gasteiger partial charge in [-0.3, -0.25) is 4.79 Å². The van der Waals surface area contributed by atoms with Crippen molar-refractivity contribution in [2.75, 3.05) is 13.6 Å². The second-order valence-corrected chi connectivity index (χ2v) is 3.94. The molecule has 0 aliphatic heterocycles. The van der Waals surface area contributed by atoms with Crippen molar-refractivity contribution >= 4 is 5.78 Å². The van der Waals surface area contributed by atoms with Gasteiger partial charge in [0.25, 0.3) is 0 Å². The van der Waals surface area contributed by atoms with E-state index in [-0.39, 0.29) is 5.78 Å². The van der Waals surface area contributed by atoms with Gasteiger partial charge >= 0.3 is 0 Å². The number of benzene rings is 1. The molecule has 0 aliphatic carbocycles. The van der Waals surface area contributed by atoms with Crippen molar-refractivity contribution < 1.29 is 4.79 Å². The monoisotopic (exact) mass is 191 g/mol. The van der Waals surface area contributed by atoms with E-state index in [0.29, 0.717) is 6.54 Å². The smallest absolute Gasteiger partial charge is 0.156 e. The third-order valence-corrected chi connectivity index (χ3v) is 2.53. The lowest BCUT2D eigenvalue weighted by molar-refractivity contribution is -0.122. The summed E-state index contributed by atoms with van der Waals surface area (Å²) in [6, 6.07) is 9.87. The number of hydrogen-bond acceptors (Lipinski definition) is 2. The zero-order valence-corrected chi connectivity index (χ0v) is 9.00. The molecule has 0 radical (unpaired) electrons. The number of rotatable bonds is 4. The van der Waals surface area contributed by atoms with Crippen LogP contribution in [-0.2, 0) is 10.2 Å². The van der Waals surface area contributed by atoms with Gasteiger partial charge in [0.1, 0.15) is 0 Å². The first-order chi connectivity index (χ1) is 6.59. The summed E-state index contributed by atoms with van der Waals surface area (Å²) >= 11 is 0. The fourth-order valence-electron chi connectivity index (χ4n) is 1.40. The van der Waals surface area contributed by atoms with Crippen LogP contribution in [0.1, 0.15) is 19.4 Å². The van der Waals surface area contributed by atoms with Crippen LogP contribution in [0.5, 0.6) is 0 Å². The maximum Gasteiger partial charge on any atom is 0.156 e. The van der Waals surface area contributed by atoms with Crippen molar-refractivity contribution in [3.8, 4) is 0 Å². The Morgan fingerprint density at radius 2 is 1.86 bits per heavy atom. The quantitative estimate of drug-likeness (QED) is 0.785. The predicted molar refractivity (Wildman–Crippen MR) is 58.4 cm³/mol. The minimum atomic E-state index is -0.399. The molecule has 2 nitrogen and oxygen atoms in total. The molecule has 76 valence electrons. The third-order valence-electron chi connectivity index (χ3n) is 2.53. The highest BCUT2D eigenvalue weighted by molar-refractivity contribution is 5.90. The van der Waals surface area contributed by atoms with Gasteiger partial charge in [0, 0.05) is 5.41 Å². The molecule has 2 heteroatoms. The summed E-state index contributed by atoms with van der Waals surface area (Å²) in [6.45, 7) is 4.34. The van der Waals surface area contributed by atoms with Crippen LogP contribution in [0.2, 0.25) is 0 Å². The van der Waals surface area contributed by atoms with Gasteiger partial charge < -0.3 is 5.32 Å². The number of Topliss-reactive ketones (excluding diaryl/α,β-unsaturated/α-hetero) is 1. The Hall–Kier alpha value is -1.15. The van der Waals surface area contributed by atoms with E-state index in [9.17, 15) is 4.79 Å². The normalized spacial score (nSPS) is 11.4. The average Bonchev–Trinajstić information content (AvgIpc) is 2.19. The summed E-state index contributed by atoms with van der Waals surface area (Å²) in [4.78, 5) is 11.8. The number of hydrogen-bond donors (Lipinski definition) is 1. The largest absolute Gasteiger partial charge is 0.313 e. The van der Waals surface area contributed by atoms with E-state index >= 15 is 0 Å². The maximum atomic E-state index is 11.8. The minimum Gasteiger partial charge on any atom is -0.313 e. The summed E-state index contributed by atoms with van der Waals surface area (Å²) in [5, 5.41) is 2.89. The molecule has 1 rings (SSSR count). The molecule has 0 heterocycles. The topological polar surface area (TPSA) is 29.1 Å². The summed E-state index contributed by atoms with van der Waals surface area (Å²) in [5.41, 5.74) is 0.671. The summed E-state index contributed by atoms with van der Waals surface area (Å²) in [6.07, 6.45) is 0. The summed E-state index contributed by atoms with van der Waals surface area (Å²) < 4.78 is 0. The van der Waals surface area contributed by atoms with Crippen LogP contribution in [0.15, 0.2) is 30.3 Å². The predicted octanol–water partition coefficient (Wildman–Crippen LogP) is 1.75. The van der Waals surface area contributed by atoms with E-state index in [0.717, 1.165) is 5.56 Å². The Bertz CT molecular complexity index is 303. The fourth-order valence-corrected chi connectivity index (χ4v) is 1.40. The van der Waals surface area contributed by atoms with Crippen molar-refractivity contribution in [3.05, 3.63) is 35.9 Å². The first-order valence-corrected chi connectivity index (χ1v) is 4.82. The standard InChI is InChI=1S/C12H17NO/c1-12(2,11(14)9-13-3)10-7-5-4-6-8-10/h4-8,13H,9H2,1-3H3. The SMILES string of the molecule is CNCC(=O)C(C)(C)c1ccccc1. The number of carbonyl (C=O) groups excluding carboxylic acids is 1. The van der Waals surface area contributed by atoms with E-state index < -0.39 is 5.41 Å². The molecule has 0 amide bonds. The Kier molecular flexibility index (Phi) is 3.42. The number of likely N-dealkylation sites (N-methyl/N-ethyl adjacent to an activating group) is 1. The maximum absolute atomic E-state index is 11.8. The van der Waals surface area contributed by atoms with Crippen LogP contribution in [-0.4, -0.2) is 19.4 Å². The van der Waals surface area contributed by atoms with Gasteiger partial charge in [-0.05, 0) is 26.5 Å². The van der Waals surface area contributed by atoms with Crippen molar-refractivity contribution in [2.45, 2.75) is 19.3 Å². The zero-order valence-electron chi connectivity index (χ0n) is 9.00. The van der Waals surface area contributed by atoms with E-state index in [1.165, 1.54) is 0 Å². The molecule has 0 unspecified atom stereocenters. The Morgan fingerprint density at radius 1 is 1.29 bits per heavy atom. The van der Waals surface area contributed by atoms with E-state index in [4.69, 9.17) is 0 Å². The third kappa shape index (κ3) is 2.20. The average molecular weight is 191 g/mol. The molecular weight excluding hydrogens is 174 g/mol. The van der Waals surface area contributed by atoms with Crippen molar-refractivity contribution in [3.63, 3.8) is 0 Å². The van der Waals surface area contributed by atoms with Crippen LogP contribution in [0.25, 0.3) is 0 Å². The molecule has 1 aromatic carbocycles. The molecule has 14 heavy (non-hydrogen) atoms. The summed E-state index contributed by atoms with van der Waals surface area (Å²) in [7, 11) is 1.79. The minimum absolute atomic E-state index is 0.214. The Balaban J connectivity index is 2.90. The van der Waals surface area contributed by atoms with Gasteiger partial charge in [-0.1, -0.05) is 30.3 Å². The van der Waals surface area contributed by atoms with Crippen molar-refractivity contribution in [1.82, 2.24) is 5.32 Å². The highest BCUT2D eigenvalue weighted by atomic mass is 16.1. The highest BCUT2D eigenvalue weighted by Gasteiger charge is 2.28. The van der Waals surface area contributed by atoms with Crippen LogP contribution in [0.4, 0.5) is 0 Å². The second kappa shape index (κ2) is 4.38. The fraction of sp³-hybridized carbons (Fsp3) is 0.417. The van der Waals surface area contributed by atoms with Gasteiger partial charge in [-0.15, -0.1) is 0 Å². The molecule has 0 aromatic heterocycles. The first kappa shape index (κ1) is 10.9. The highest BCUT2D eigenvalue weighted by Crippen LogP contribution is 2.23. The number of carbonyl (C=O) groups is 1. The lowest BCUT2D eigenvalue weighted by atomic mass is 9.80. The van der Waals surface area contributed by atoms with Crippen molar-refractivity contribution in [1.29, 1.82) is 0 Å². The lowest BCUT2D eigenvalue weighted by Gasteiger charge is -2.23. The Morgan fingerprint density at radius 3 is 2.36 bits per heavy atom. The molecule has 0 aliphatic rings. The van der Waals surface area contributed by atoms with Crippen LogP contribution >= 0.6 is 0 Å². The number of ketones is 1. The van der Waals surface area contributed by atoms with Crippen molar-refractivity contribution in [2.24, 2.45) is 0 Å². The van der Waals surface area contributed by atoms with Gasteiger partial charge in [0.05, 0.1) is 6.54 Å². The molecule has 0 fully saturated rings. The zero-order chi connectivity index (χ0) is 10.6. The molecule has 1 aromatic rings. The molecule has 0 atom stereocenters. The Labute approximate surface area is 85.3 Å². The van der Waals surface area contributed by atoms with Crippen LogP contribution in [0.3, 0.4) is 0 Å². The first-order valence-electron chi connectivity index (χ1n) is 4.82. The van der Waals surface area contributed by atoms with E-state index in [1.54, 1.807) is 7.05 Å². The van der Waals surface area contributed by atoms with Gasteiger partial charge in [0.15, 0.2) is 5.78 Å². The molecule has 0 saturated heterocycles. The van der Waals surface area contributed by atoms with Gasteiger partial charge in [0.2, 0.25) is 0 Å². The second-order valence-electron chi connectivity index (χ2n) is 3.94. The van der Waals surface area contributed by atoms with Gasteiger partial charge in [-0.2, -0.15) is 0 Å². The molecule has 0 bridgehead atoms. The van der Waals surface area contributed by atoms with E-state index in [1.807, 2.05) is 44.2 Å². The van der Waals surface area contributed by atoms with Gasteiger partial charge in [-0.25, -0.2) is 0 Å². The summed E-state index contributed by atoms with van der Waals surface area (Å²) in [5.74, 6) is 0.214.